The normalized spacial score (nSPS) is 22.6. The van der Waals surface area contributed by atoms with Crippen LogP contribution in [0, 0.1) is 34.0 Å². The zero-order valence-corrected chi connectivity index (χ0v) is 19.1. The Hall–Kier alpha value is -2.51. The molecule has 1 aliphatic rings. The second-order valence-electron chi connectivity index (χ2n) is 8.26. The van der Waals surface area contributed by atoms with Crippen molar-refractivity contribution in [2.45, 2.75) is 64.2 Å². The van der Waals surface area contributed by atoms with Crippen molar-refractivity contribution >= 4 is 27.0 Å². The van der Waals surface area contributed by atoms with E-state index in [9.17, 15) is 8.42 Å². The van der Waals surface area contributed by atoms with E-state index in [4.69, 9.17) is 16.1 Å². The lowest BCUT2D eigenvalue weighted by molar-refractivity contribution is 0.314. The molecule has 3 N–H and O–H groups in total. The summed E-state index contributed by atoms with van der Waals surface area (Å²) < 4.78 is 29.5. The van der Waals surface area contributed by atoms with Gasteiger partial charge in [-0.2, -0.15) is 9.57 Å². The van der Waals surface area contributed by atoms with Crippen LogP contribution in [0.3, 0.4) is 0 Å². The Morgan fingerprint density at radius 3 is 2.84 bits per heavy atom. The van der Waals surface area contributed by atoms with Gasteiger partial charge in [0.25, 0.3) is 0 Å². The van der Waals surface area contributed by atoms with Crippen LogP contribution in [0.2, 0.25) is 0 Å². The first-order valence-corrected chi connectivity index (χ1v) is 12.3. The molecule has 0 bridgehead atoms. The molecule has 2 heterocycles. The summed E-state index contributed by atoms with van der Waals surface area (Å²) in [6.07, 6.45) is 5.79. The van der Waals surface area contributed by atoms with Crippen molar-refractivity contribution in [1.82, 2.24) is 18.8 Å². The number of nitrogens with one attached hydrogen (secondary N) is 3. The molecule has 1 aliphatic carbocycles. The van der Waals surface area contributed by atoms with E-state index in [1.165, 1.54) is 10.5 Å². The molecule has 4 atom stereocenters. The van der Waals surface area contributed by atoms with Crippen molar-refractivity contribution in [1.29, 1.82) is 16.1 Å². The molecule has 0 radical (unpaired) electrons. The molecule has 3 rings (SSSR count). The largest absolute Gasteiger partial charge is 0.345 e. The van der Waals surface area contributed by atoms with Gasteiger partial charge in [0, 0.05) is 31.1 Å². The first-order chi connectivity index (χ1) is 14.8. The smallest absolute Gasteiger partial charge is 0.216 e. The minimum atomic E-state index is -3.53. The maximum absolute atomic E-state index is 13.2. The number of aromatic amines is 1. The quantitative estimate of drug-likeness (QED) is 0.424. The van der Waals surface area contributed by atoms with E-state index in [-0.39, 0.29) is 36.3 Å². The van der Waals surface area contributed by atoms with Crippen molar-refractivity contribution in [3.63, 3.8) is 0 Å². The topological polar surface area (TPSA) is 142 Å². The minimum absolute atomic E-state index is 0.128. The van der Waals surface area contributed by atoms with E-state index in [1.807, 2.05) is 6.92 Å². The van der Waals surface area contributed by atoms with Gasteiger partial charge in [-0.25, -0.2) is 13.4 Å². The summed E-state index contributed by atoms with van der Waals surface area (Å²) in [4.78, 5) is 7.23. The first kappa shape index (κ1) is 23.2. The van der Waals surface area contributed by atoms with Gasteiger partial charge in [-0.05, 0) is 38.2 Å². The molecule has 0 aliphatic heterocycles. The zero-order valence-electron chi connectivity index (χ0n) is 18.3. The number of aromatic nitrogens is 3. The van der Waals surface area contributed by atoms with Gasteiger partial charge in [0.2, 0.25) is 10.0 Å². The van der Waals surface area contributed by atoms with Crippen LogP contribution in [-0.2, 0) is 10.0 Å². The summed E-state index contributed by atoms with van der Waals surface area (Å²) in [6, 6.07) is 3.62. The zero-order chi connectivity index (χ0) is 22.8. The second-order valence-corrected chi connectivity index (χ2v) is 10.6. The van der Waals surface area contributed by atoms with Crippen LogP contribution >= 0.6 is 0 Å². The van der Waals surface area contributed by atoms with E-state index in [0.29, 0.717) is 36.3 Å². The SMILES string of the molecule is CCC(C)S(=O)(=O)N(CCC#N)[C@H]1C[C@@H](CC)[C@@H](C(=N)n2c(=N)cnc3[nH]ccc32)C1. The van der Waals surface area contributed by atoms with Gasteiger partial charge >= 0.3 is 0 Å². The average molecular weight is 446 g/mol. The van der Waals surface area contributed by atoms with Crippen LogP contribution in [0.25, 0.3) is 11.2 Å². The van der Waals surface area contributed by atoms with Crippen LogP contribution in [0.15, 0.2) is 18.5 Å². The molecule has 10 heteroatoms. The molecule has 1 saturated carbocycles. The number of nitriles is 1. The van der Waals surface area contributed by atoms with Crippen molar-refractivity contribution < 1.29 is 8.42 Å². The van der Waals surface area contributed by atoms with Crippen molar-refractivity contribution in [2.24, 2.45) is 11.8 Å². The predicted molar refractivity (Wildman–Crippen MR) is 119 cm³/mol. The lowest BCUT2D eigenvalue weighted by atomic mass is 9.92. The van der Waals surface area contributed by atoms with Gasteiger partial charge in [-0.1, -0.05) is 20.3 Å². The maximum atomic E-state index is 13.2. The molecule has 0 spiro atoms. The number of nitrogens with zero attached hydrogens (tertiary/aromatic N) is 4. The molecule has 31 heavy (non-hydrogen) atoms. The molecule has 1 fully saturated rings. The van der Waals surface area contributed by atoms with E-state index < -0.39 is 15.3 Å². The molecular formula is C21H31N7O2S. The standard InChI is InChI=1S/C21H31N7O2S/c1-4-14(3)31(29,30)27(10-6-8-22)16-11-15(5-2)17(12-16)20(24)28-18-7-9-25-21(18)26-13-19(28)23/h7,9,13-17,23-25H,4-6,10-12H2,1-3H3/t14?,15-,16+,17+/m1/s1. The van der Waals surface area contributed by atoms with Crippen LogP contribution < -0.4 is 5.49 Å². The van der Waals surface area contributed by atoms with Gasteiger partial charge < -0.3 is 4.98 Å². The second kappa shape index (κ2) is 9.32. The van der Waals surface area contributed by atoms with Crippen molar-refractivity contribution in [3.8, 4) is 6.07 Å². The molecule has 1 unspecified atom stereocenters. The number of hydrogen-bond donors (Lipinski definition) is 3. The molecule has 0 aromatic carbocycles. The molecule has 9 nitrogen and oxygen atoms in total. The highest BCUT2D eigenvalue weighted by molar-refractivity contribution is 7.89. The van der Waals surface area contributed by atoms with Gasteiger partial charge in [-0.3, -0.25) is 15.4 Å². The molecule has 0 saturated heterocycles. The van der Waals surface area contributed by atoms with Gasteiger partial charge in [0.1, 0.15) is 11.3 Å². The van der Waals surface area contributed by atoms with E-state index in [1.54, 1.807) is 23.8 Å². The summed E-state index contributed by atoms with van der Waals surface area (Å²) >= 11 is 0. The minimum Gasteiger partial charge on any atom is -0.345 e. The molecule has 2 aromatic rings. The predicted octanol–water partition coefficient (Wildman–Crippen LogP) is 2.82. The Morgan fingerprint density at radius 2 is 2.19 bits per heavy atom. The third-order valence-corrected chi connectivity index (χ3v) is 9.03. The third-order valence-electron chi connectivity index (χ3n) is 6.55. The number of rotatable bonds is 8. The Morgan fingerprint density at radius 1 is 1.45 bits per heavy atom. The fourth-order valence-electron chi connectivity index (χ4n) is 4.61. The molecule has 0 amide bonds. The lowest BCUT2D eigenvalue weighted by Crippen LogP contribution is -2.44. The van der Waals surface area contributed by atoms with E-state index in [0.717, 1.165) is 6.42 Å². The summed E-state index contributed by atoms with van der Waals surface area (Å²) in [6.45, 7) is 5.80. The average Bonchev–Trinajstić information content (AvgIpc) is 3.39. The van der Waals surface area contributed by atoms with E-state index in [2.05, 4.69) is 23.0 Å². The van der Waals surface area contributed by atoms with Crippen LogP contribution in [0.5, 0.6) is 0 Å². The van der Waals surface area contributed by atoms with Gasteiger partial charge in [0.15, 0.2) is 5.65 Å². The number of sulfonamides is 1. The fraction of sp³-hybridized carbons (Fsp3) is 0.619. The Balaban J connectivity index is 1.96. The summed E-state index contributed by atoms with van der Waals surface area (Å²) in [5.74, 6) is 0.247. The molecular weight excluding hydrogens is 414 g/mol. The highest BCUT2D eigenvalue weighted by Crippen LogP contribution is 2.39. The Labute approximate surface area is 183 Å². The van der Waals surface area contributed by atoms with Crippen molar-refractivity contribution in [3.05, 3.63) is 23.9 Å². The highest BCUT2D eigenvalue weighted by atomic mass is 32.2. The summed E-state index contributed by atoms with van der Waals surface area (Å²) in [7, 11) is -3.53. The Bertz CT molecular complexity index is 1140. The number of H-pyrrole nitrogens is 1. The molecule has 168 valence electrons. The third kappa shape index (κ3) is 4.29. The van der Waals surface area contributed by atoms with Gasteiger partial charge in [-0.15, -0.1) is 0 Å². The summed E-state index contributed by atoms with van der Waals surface area (Å²) in [5.41, 5.74) is 1.41. The van der Waals surface area contributed by atoms with Crippen molar-refractivity contribution in [2.75, 3.05) is 6.54 Å². The lowest BCUT2D eigenvalue weighted by Gasteiger charge is -2.30. The Kier molecular flexibility index (Phi) is 6.96. The number of hydrogen-bond acceptors (Lipinski definition) is 6. The highest BCUT2D eigenvalue weighted by Gasteiger charge is 2.43. The first-order valence-electron chi connectivity index (χ1n) is 10.8. The number of fused-ring (bicyclic) bond motifs is 1. The summed E-state index contributed by atoms with van der Waals surface area (Å²) in [5, 5.41) is 25.8. The van der Waals surface area contributed by atoms with Gasteiger partial charge in [0.05, 0.1) is 23.0 Å². The fourth-order valence-corrected chi connectivity index (χ4v) is 6.43. The van der Waals surface area contributed by atoms with E-state index >= 15 is 0 Å². The monoisotopic (exact) mass is 445 g/mol. The maximum Gasteiger partial charge on any atom is 0.216 e. The van der Waals surface area contributed by atoms with Crippen LogP contribution in [-0.4, -0.2) is 50.9 Å². The molecule has 2 aromatic heterocycles. The van der Waals surface area contributed by atoms with Crippen LogP contribution in [0.1, 0.15) is 52.9 Å². The van der Waals surface area contributed by atoms with Crippen LogP contribution in [0.4, 0.5) is 0 Å².